The van der Waals surface area contributed by atoms with Gasteiger partial charge in [0, 0.05) is 31.5 Å². The number of benzene rings is 1. The van der Waals surface area contributed by atoms with Gasteiger partial charge in [0.05, 0.1) is 4.99 Å². The molecule has 0 bridgehead atoms. The molecule has 0 fully saturated rings. The van der Waals surface area contributed by atoms with Crippen LogP contribution in [0.2, 0.25) is 0 Å². The molecule has 1 amide bonds. The van der Waals surface area contributed by atoms with E-state index < -0.39 is 0 Å². The number of carbonyl (C=O) groups is 1. The summed E-state index contributed by atoms with van der Waals surface area (Å²) < 4.78 is 13.7. The summed E-state index contributed by atoms with van der Waals surface area (Å²) >= 11 is 4.84. The van der Waals surface area contributed by atoms with E-state index in [9.17, 15) is 9.18 Å². The Morgan fingerprint density at radius 3 is 2.65 bits per heavy atom. The maximum absolute atomic E-state index is 13.7. The number of unbranched alkanes of at least 4 members (excludes halogenated alkanes) is 1. The summed E-state index contributed by atoms with van der Waals surface area (Å²) in [5, 5.41) is 0. The fourth-order valence-electron chi connectivity index (χ4n) is 1.86. The van der Waals surface area contributed by atoms with Crippen LogP contribution in [0.5, 0.6) is 0 Å². The lowest BCUT2D eigenvalue weighted by Crippen LogP contribution is -2.33. The number of halogens is 1. The van der Waals surface area contributed by atoms with E-state index in [1.807, 2.05) is 6.92 Å². The molecule has 5 heteroatoms. The fourth-order valence-corrected chi connectivity index (χ4v) is 1.95. The van der Waals surface area contributed by atoms with Crippen LogP contribution in [0, 0.1) is 5.82 Å². The standard InChI is InChI=1S/C15H21FN2OS/c1-2-3-8-15(19)18(10-9-14(17)20)11-12-6-4-5-7-13(12)16/h4-7H,2-3,8-11H2,1H3,(H2,17,20). The topological polar surface area (TPSA) is 46.3 Å². The van der Waals surface area contributed by atoms with E-state index in [0.29, 0.717) is 29.9 Å². The minimum absolute atomic E-state index is 0.0198. The van der Waals surface area contributed by atoms with Gasteiger partial charge in [-0.3, -0.25) is 4.79 Å². The lowest BCUT2D eigenvalue weighted by Gasteiger charge is -2.23. The second kappa shape index (κ2) is 8.64. The molecule has 0 spiro atoms. The number of nitrogens with two attached hydrogens (primary N) is 1. The number of hydrogen-bond acceptors (Lipinski definition) is 2. The van der Waals surface area contributed by atoms with Crippen molar-refractivity contribution in [1.82, 2.24) is 4.90 Å². The molecule has 1 rings (SSSR count). The SMILES string of the molecule is CCCCC(=O)N(CCC(N)=S)Cc1ccccc1F. The lowest BCUT2D eigenvalue weighted by atomic mass is 10.1. The minimum Gasteiger partial charge on any atom is -0.393 e. The van der Waals surface area contributed by atoms with Crippen LogP contribution < -0.4 is 5.73 Å². The van der Waals surface area contributed by atoms with Gasteiger partial charge in [0.1, 0.15) is 5.82 Å². The molecular formula is C15H21FN2OS. The Morgan fingerprint density at radius 2 is 2.05 bits per heavy atom. The minimum atomic E-state index is -0.295. The molecule has 0 saturated carbocycles. The first-order chi connectivity index (χ1) is 9.54. The van der Waals surface area contributed by atoms with Crippen LogP contribution in [0.25, 0.3) is 0 Å². The quantitative estimate of drug-likeness (QED) is 0.750. The summed E-state index contributed by atoms with van der Waals surface area (Å²) in [4.78, 5) is 14.1. The molecule has 0 saturated heterocycles. The van der Waals surface area contributed by atoms with Gasteiger partial charge < -0.3 is 10.6 Å². The third-order valence-corrected chi connectivity index (χ3v) is 3.25. The van der Waals surface area contributed by atoms with Crippen molar-refractivity contribution in [3.8, 4) is 0 Å². The van der Waals surface area contributed by atoms with Crippen molar-refractivity contribution in [3.63, 3.8) is 0 Å². The van der Waals surface area contributed by atoms with Crippen molar-refractivity contribution in [2.75, 3.05) is 6.54 Å². The van der Waals surface area contributed by atoms with Gasteiger partial charge in [-0.1, -0.05) is 43.8 Å². The highest BCUT2D eigenvalue weighted by Crippen LogP contribution is 2.12. The molecule has 2 N–H and O–H groups in total. The first kappa shape index (κ1) is 16.6. The maximum atomic E-state index is 13.7. The molecule has 20 heavy (non-hydrogen) atoms. The predicted molar refractivity (Wildman–Crippen MR) is 82.7 cm³/mol. The molecule has 0 atom stereocenters. The highest BCUT2D eigenvalue weighted by Gasteiger charge is 2.15. The summed E-state index contributed by atoms with van der Waals surface area (Å²) in [5.74, 6) is -0.275. The number of nitrogens with zero attached hydrogens (tertiary/aromatic N) is 1. The predicted octanol–water partition coefficient (Wildman–Crippen LogP) is 3.02. The van der Waals surface area contributed by atoms with E-state index in [2.05, 4.69) is 0 Å². The molecule has 0 radical (unpaired) electrons. The molecule has 3 nitrogen and oxygen atoms in total. The van der Waals surface area contributed by atoms with E-state index in [-0.39, 0.29) is 18.3 Å². The summed E-state index contributed by atoms with van der Waals surface area (Å²) in [6.07, 6.45) is 2.72. The van der Waals surface area contributed by atoms with Crippen molar-refractivity contribution in [2.24, 2.45) is 5.73 Å². The number of rotatable bonds is 8. The Hall–Kier alpha value is -1.49. The summed E-state index contributed by atoms with van der Waals surface area (Å²) in [7, 11) is 0. The molecule has 0 aliphatic rings. The second-order valence-electron chi connectivity index (χ2n) is 4.73. The van der Waals surface area contributed by atoms with E-state index in [4.69, 9.17) is 18.0 Å². The van der Waals surface area contributed by atoms with Crippen molar-refractivity contribution in [3.05, 3.63) is 35.6 Å². The zero-order chi connectivity index (χ0) is 15.0. The van der Waals surface area contributed by atoms with E-state index in [1.54, 1.807) is 23.1 Å². The van der Waals surface area contributed by atoms with Gasteiger partial charge in [0.25, 0.3) is 0 Å². The average molecular weight is 296 g/mol. The molecule has 0 aromatic heterocycles. The normalized spacial score (nSPS) is 10.3. The number of carbonyl (C=O) groups excluding carboxylic acids is 1. The molecule has 0 unspecified atom stereocenters. The van der Waals surface area contributed by atoms with Crippen LogP contribution >= 0.6 is 12.2 Å². The Morgan fingerprint density at radius 1 is 1.35 bits per heavy atom. The molecule has 1 aromatic carbocycles. The molecule has 1 aromatic rings. The van der Waals surface area contributed by atoms with Crippen LogP contribution in [0.1, 0.15) is 38.2 Å². The smallest absolute Gasteiger partial charge is 0.222 e. The molecule has 0 heterocycles. The maximum Gasteiger partial charge on any atom is 0.222 e. The van der Waals surface area contributed by atoms with Gasteiger partial charge in [0.2, 0.25) is 5.91 Å². The molecule has 110 valence electrons. The number of hydrogen-bond donors (Lipinski definition) is 1. The van der Waals surface area contributed by atoms with Crippen LogP contribution in [-0.4, -0.2) is 22.3 Å². The Labute approximate surface area is 125 Å². The van der Waals surface area contributed by atoms with Gasteiger partial charge in [-0.2, -0.15) is 0 Å². The van der Waals surface area contributed by atoms with Crippen LogP contribution in [-0.2, 0) is 11.3 Å². The summed E-state index contributed by atoms with van der Waals surface area (Å²) in [6, 6.07) is 6.49. The molecule has 0 aliphatic heterocycles. The molecular weight excluding hydrogens is 275 g/mol. The Balaban J connectivity index is 2.73. The van der Waals surface area contributed by atoms with Crippen molar-refractivity contribution in [2.45, 2.75) is 39.2 Å². The number of amides is 1. The Kier molecular flexibility index (Phi) is 7.15. The van der Waals surface area contributed by atoms with Crippen LogP contribution in [0.15, 0.2) is 24.3 Å². The summed E-state index contributed by atoms with van der Waals surface area (Å²) in [6.45, 7) is 2.73. The molecule has 0 aliphatic carbocycles. The Bertz CT molecular complexity index is 465. The van der Waals surface area contributed by atoms with Crippen molar-refractivity contribution in [1.29, 1.82) is 0 Å². The first-order valence-corrected chi connectivity index (χ1v) is 7.25. The van der Waals surface area contributed by atoms with Gasteiger partial charge >= 0.3 is 0 Å². The van der Waals surface area contributed by atoms with E-state index in [1.165, 1.54) is 6.07 Å². The third kappa shape index (κ3) is 5.65. The van der Waals surface area contributed by atoms with Crippen LogP contribution in [0.4, 0.5) is 4.39 Å². The monoisotopic (exact) mass is 296 g/mol. The zero-order valence-electron chi connectivity index (χ0n) is 11.8. The highest BCUT2D eigenvalue weighted by atomic mass is 32.1. The second-order valence-corrected chi connectivity index (χ2v) is 5.25. The van der Waals surface area contributed by atoms with E-state index >= 15 is 0 Å². The van der Waals surface area contributed by atoms with Gasteiger partial charge in [0.15, 0.2) is 0 Å². The largest absolute Gasteiger partial charge is 0.393 e. The number of thiocarbonyl (C=S) groups is 1. The van der Waals surface area contributed by atoms with Crippen molar-refractivity contribution < 1.29 is 9.18 Å². The van der Waals surface area contributed by atoms with Crippen LogP contribution in [0.3, 0.4) is 0 Å². The van der Waals surface area contributed by atoms with Gasteiger partial charge in [-0.05, 0) is 12.5 Å². The lowest BCUT2D eigenvalue weighted by molar-refractivity contribution is -0.131. The third-order valence-electron chi connectivity index (χ3n) is 3.04. The zero-order valence-corrected chi connectivity index (χ0v) is 12.6. The first-order valence-electron chi connectivity index (χ1n) is 6.84. The van der Waals surface area contributed by atoms with Gasteiger partial charge in [-0.15, -0.1) is 0 Å². The highest BCUT2D eigenvalue weighted by molar-refractivity contribution is 7.80. The van der Waals surface area contributed by atoms with Crippen molar-refractivity contribution >= 4 is 23.1 Å². The van der Waals surface area contributed by atoms with E-state index in [0.717, 1.165) is 12.8 Å². The fraction of sp³-hybridized carbons (Fsp3) is 0.467. The average Bonchev–Trinajstić information content (AvgIpc) is 2.42. The summed E-state index contributed by atoms with van der Waals surface area (Å²) in [5.41, 5.74) is 6.00. The van der Waals surface area contributed by atoms with Gasteiger partial charge in [-0.25, -0.2) is 4.39 Å².